The van der Waals surface area contributed by atoms with Crippen molar-refractivity contribution < 1.29 is 14.3 Å². The maximum Gasteiger partial charge on any atom is 0.313 e. The van der Waals surface area contributed by atoms with Crippen LogP contribution in [0.15, 0.2) is 18.2 Å². The third kappa shape index (κ3) is 4.36. The first-order valence-corrected chi connectivity index (χ1v) is 7.32. The van der Waals surface area contributed by atoms with Gasteiger partial charge in [-0.05, 0) is 37.5 Å². The van der Waals surface area contributed by atoms with Crippen LogP contribution in [0.2, 0.25) is 0 Å². The molecule has 0 bridgehead atoms. The molecule has 0 saturated carbocycles. The van der Waals surface area contributed by atoms with E-state index in [1.54, 1.807) is 20.1 Å². The molecule has 0 aliphatic rings. The summed E-state index contributed by atoms with van der Waals surface area (Å²) in [5.74, 6) is 0.437. The third-order valence-corrected chi connectivity index (χ3v) is 3.59. The second-order valence-electron chi connectivity index (χ2n) is 5.25. The van der Waals surface area contributed by atoms with E-state index in [2.05, 4.69) is 0 Å². The molecule has 1 rings (SSSR count). The summed E-state index contributed by atoms with van der Waals surface area (Å²) in [5, 5.41) is 0. The molecule has 1 aromatic carbocycles. The summed E-state index contributed by atoms with van der Waals surface area (Å²) in [4.78, 5) is 12.4. The second kappa shape index (κ2) is 7.88. The van der Waals surface area contributed by atoms with Crippen molar-refractivity contribution >= 4 is 11.7 Å². The normalized spacial score (nSPS) is 13.5. The van der Waals surface area contributed by atoms with Gasteiger partial charge < -0.3 is 20.9 Å². The number of nitrogens with two attached hydrogens (primary N) is 2. The monoisotopic (exact) mass is 294 g/mol. The average molecular weight is 294 g/mol. The number of esters is 1. The van der Waals surface area contributed by atoms with E-state index in [0.717, 1.165) is 12.0 Å². The Morgan fingerprint density at radius 2 is 2.00 bits per heavy atom. The van der Waals surface area contributed by atoms with Crippen molar-refractivity contribution in [3.8, 4) is 5.75 Å². The van der Waals surface area contributed by atoms with Crippen LogP contribution in [0.5, 0.6) is 5.75 Å². The van der Waals surface area contributed by atoms with E-state index in [9.17, 15) is 4.79 Å². The smallest absolute Gasteiger partial charge is 0.313 e. The van der Waals surface area contributed by atoms with Gasteiger partial charge in [0.2, 0.25) is 0 Å². The molecule has 0 aromatic heterocycles. The highest BCUT2D eigenvalue weighted by molar-refractivity contribution is 5.77. The Morgan fingerprint density at radius 3 is 2.52 bits per heavy atom. The molecule has 0 fully saturated rings. The van der Waals surface area contributed by atoms with Crippen LogP contribution < -0.4 is 16.2 Å². The maximum absolute atomic E-state index is 12.4. The minimum absolute atomic E-state index is 0.240. The summed E-state index contributed by atoms with van der Waals surface area (Å²) < 4.78 is 10.5. The summed E-state index contributed by atoms with van der Waals surface area (Å²) in [6.45, 7) is 4.43. The summed E-state index contributed by atoms with van der Waals surface area (Å²) in [5.41, 5.74) is 12.6. The van der Waals surface area contributed by atoms with Gasteiger partial charge in [0.05, 0.1) is 19.1 Å². The van der Waals surface area contributed by atoms with Crippen LogP contribution >= 0.6 is 0 Å². The van der Waals surface area contributed by atoms with Crippen molar-refractivity contribution in [3.63, 3.8) is 0 Å². The van der Waals surface area contributed by atoms with Gasteiger partial charge in [0, 0.05) is 18.3 Å². The molecular weight excluding hydrogens is 268 g/mol. The predicted molar refractivity (Wildman–Crippen MR) is 84.1 cm³/mol. The zero-order valence-corrected chi connectivity index (χ0v) is 13.1. The number of hydrogen-bond acceptors (Lipinski definition) is 5. The summed E-state index contributed by atoms with van der Waals surface area (Å²) in [7, 11) is 1.59. The van der Waals surface area contributed by atoms with E-state index in [-0.39, 0.29) is 12.5 Å². The number of anilines is 1. The standard InChI is InChI=1S/C16H26N2O3/c1-4-6-16(11-17,15(19)21-5-2)10-12-7-13(18)9-14(8-12)20-3/h7-9H,4-6,10-11,17-18H2,1-3H3. The molecule has 0 aliphatic carbocycles. The van der Waals surface area contributed by atoms with Crippen LogP contribution in [0.25, 0.3) is 0 Å². The highest BCUT2D eigenvalue weighted by Crippen LogP contribution is 2.31. The van der Waals surface area contributed by atoms with Crippen LogP contribution in [-0.4, -0.2) is 26.2 Å². The molecule has 0 saturated heterocycles. The highest BCUT2D eigenvalue weighted by atomic mass is 16.5. The Bertz CT molecular complexity index is 477. The van der Waals surface area contributed by atoms with E-state index in [4.69, 9.17) is 20.9 Å². The van der Waals surface area contributed by atoms with Gasteiger partial charge in [0.1, 0.15) is 5.75 Å². The summed E-state index contributed by atoms with van der Waals surface area (Å²) in [6, 6.07) is 5.48. The quantitative estimate of drug-likeness (QED) is 0.566. The van der Waals surface area contributed by atoms with Gasteiger partial charge in [-0.1, -0.05) is 13.3 Å². The van der Waals surface area contributed by atoms with Crippen molar-refractivity contribution in [1.82, 2.24) is 0 Å². The number of carbonyl (C=O) groups excluding carboxylic acids is 1. The number of benzene rings is 1. The Balaban J connectivity index is 3.10. The van der Waals surface area contributed by atoms with Gasteiger partial charge in [-0.3, -0.25) is 4.79 Å². The van der Waals surface area contributed by atoms with Crippen molar-refractivity contribution in [2.24, 2.45) is 11.1 Å². The molecule has 1 aromatic rings. The molecule has 1 unspecified atom stereocenters. The molecule has 118 valence electrons. The van der Waals surface area contributed by atoms with E-state index in [1.807, 2.05) is 19.1 Å². The van der Waals surface area contributed by atoms with Crippen LogP contribution in [0, 0.1) is 5.41 Å². The van der Waals surface area contributed by atoms with Gasteiger partial charge >= 0.3 is 5.97 Å². The zero-order chi connectivity index (χ0) is 15.9. The summed E-state index contributed by atoms with van der Waals surface area (Å²) in [6.07, 6.45) is 2.03. The molecule has 5 nitrogen and oxygen atoms in total. The molecule has 0 amide bonds. The Kier molecular flexibility index (Phi) is 6.49. The van der Waals surface area contributed by atoms with E-state index in [0.29, 0.717) is 30.9 Å². The van der Waals surface area contributed by atoms with E-state index >= 15 is 0 Å². The van der Waals surface area contributed by atoms with E-state index in [1.165, 1.54) is 0 Å². The number of hydrogen-bond donors (Lipinski definition) is 2. The van der Waals surface area contributed by atoms with Crippen molar-refractivity contribution in [3.05, 3.63) is 23.8 Å². The average Bonchev–Trinajstić information content (AvgIpc) is 2.46. The van der Waals surface area contributed by atoms with Crippen LogP contribution in [0.3, 0.4) is 0 Å². The van der Waals surface area contributed by atoms with Crippen molar-refractivity contribution in [1.29, 1.82) is 0 Å². The lowest BCUT2D eigenvalue weighted by Crippen LogP contribution is -2.42. The lowest BCUT2D eigenvalue weighted by Gasteiger charge is -2.30. The topological polar surface area (TPSA) is 87.6 Å². The predicted octanol–water partition coefficient (Wildman–Crippen LogP) is 2.13. The SMILES string of the molecule is CCCC(CN)(Cc1cc(N)cc(OC)c1)C(=O)OCC. The summed E-state index contributed by atoms with van der Waals surface area (Å²) >= 11 is 0. The molecule has 1 atom stereocenters. The van der Waals surface area contributed by atoms with Crippen molar-refractivity contribution in [2.45, 2.75) is 33.1 Å². The zero-order valence-electron chi connectivity index (χ0n) is 13.1. The molecule has 0 aliphatic heterocycles. The van der Waals surface area contributed by atoms with Gasteiger partial charge in [0.25, 0.3) is 0 Å². The van der Waals surface area contributed by atoms with Gasteiger partial charge in [0.15, 0.2) is 0 Å². The minimum atomic E-state index is -0.705. The second-order valence-corrected chi connectivity index (χ2v) is 5.25. The number of ether oxygens (including phenoxy) is 2. The number of rotatable bonds is 8. The van der Waals surface area contributed by atoms with Crippen molar-refractivity contribution in [2.75, 3.05) is 26.0 Å². The molecule has 0 spiro atoms. The first kappa shape index (κ1) is 17.3. The number of carbonyl (C=O) groups is 1. The molecule has 4 N–H and O–H groups in total. The Hall–Kier alpha value is -1.75. The third-order valence-electron chi connectivity index (χ3n) is 3.59. The lowest BCUT2D eigenvalue weighted by atomic mass is 9.77. The van der Waals surface area contributed by atoms with Crippen LogP contribution in [-0.2, 0) is 16.0 Å². The largest absolute Gasteiger partial charge is 0.497 e. The van der Waals surface area contributed by atoms with Crippen LogP contribution in [0.1, 0.15) is 32.3 Å². The van der Waals surface area contributed by atoms with Gasteiger partial charge in [-0.25, -0.2) is 0 Å². The Morgan fingerprint density at radius 1 is 1.29 bits per heavy atom. The first-order valence-electron chi connectivity index (χ1n) is 7.32. The van der Waals surface area contributed by atoms with Gasteiger partial charge in [-0.15, -0.1) is 0 Å². The molecular formula is C16H26N2O3. The van der Waals surface area contributed by atoms with E-state index < -0.39 is 5.41 Å². The first-order chi connectivity index (χ1) is 10.0. The fraction of sp³-hybridized carbons (Fsp3) is 0.562. The lowest BCUT2D eigenvalue weighted by molar-refractivity contribution is -0.155. The molecule has 0 radical (unpaired) electrons. The molecule has 21 heavy (non-hydrogen) atoms. The highest BCUT2D eigenvalue weighted by Gasteiger charge is 2.38. The molecule has 0 heterocycles. The Labute approximate surface area is 126 Å². The fourth-order valence-electron chi connectivity index (χ4n) is 2.58. The fourth-order valence-corrected chi connectivity index (χ4v) is 2.58. The minimum Gasteiger partial charge on any atom is -0.497 e. The maximum atomic E-state index is 12.4. The molecule has 5 heteroatoms. The number of nitrogen functional groups attached to an aromatic ring is 1. The van der Waals surface area contributed by atoms with Crippen LogP contribution in [0.4, 0.5) is 5.69 Å². The van der Waals surface area contributed by atoms with Gasteiger partial charge in [-0.2, -0.15) is 0 Å². The number of methoxy groups -OCH3 is 1.